The molecule has 4 rings (SSSR count). The van der Waals surface area contributed by atoms with Gasteiger partial charge in [-0.05, 0) is 60.4 Å². The van der Waals surface area contributed by atoms with E-state index in [1.807, 2.05) is 24.3 Å². The minimum absolute atomic E-state index is 0.0104. The molecule has 1 aromatic carbocycles. The molecule has 1 saturated carbocycles. The van der Waals surface area contributed by atoms with Crippen molar-refractivity contribution in [3.8, 4) is 0 Å². The molecule has 1 unspecified atom stereocenters. The summed E-state index contributed by atoms with van der Waals surface area (Å²) >= 11 is 0. The molecule has 2 amide bonds. The number of hydrogen-bond donors (Lipinski definition) is 2. The maximum atomic E-state index is 14.3. The predicted molar refractivity (Wildman–Crippen MR) is 145 cm³/mol. The summed E-state index contributed by atoms with van der Waals surface area (Å²) < 4.78 is 0. The van der Waals surface area contributed by atoms with Gasteiger partial charge in [0.1, 0.15) is 6.04 Å². The van der Waals surface area contributed by atoms with Gasteiger partial charge in [0.05, 0.1) is 6.04 Å². The lowest BCUT2D eigenvalue weighted by Crippen LogP contribution is -2.54. The van der Waals surface area contributed by atoms with Gasteiger partial charge in [0.25, 0.3) is 0 Å². The van der Waals surface area contributed by atoms with Gasteiger partial charge in [-0.15, -0.1) is 0 Å². The number of nitrogens with zero attached hydrogens (tertiary/aromatic N) is 2. The van der Waals surface area contributed by atoms with Crippen molar-refractivity contribution in [1.29, 1.82) is 0 Å². The molecular formula is C30H42N4O2. The summed E-state index contributed by atoms with van der Waals surface area (Å²) in [7, 11) is 0. The average molecular weight is 491 g/mol. The largest absolute Gasteiger partial charge is 0.351 e. The van der Waals surface area contributed by atoms with Crippen molar-refractivity contribution in [2.75, 3.05) is 11.4 Å². The fraction of sp³-hybridized carbons (Fsp3) is 0.567. The van der Waals surface area contributed by atoms with E-state index >= 15 is 0 Å². The lowest BCUT2D eigenvalue weighted by atomic mass is 9.83. The first-order valence-electron chi connectivity index (χ1n) is 13.5. The first-order chi connectivity index (χ1) is 17.1. The predicted octanol–water partition coefficient (Wildman–Crippen LogP) is 5.29. The molecule has 0 bridgehead atoms. The van der Waals surface area contributed by atoms with Crippen LogP contribution < -0.4 is 15.5 Å². The van der Waals surface area contributed by atoms with Gasteiger partial charge in [-0.2, -0.15) is 0 Å². The Balaban J connectivity index is 1.78. The zero-order valence-corrected chi connectivity index (χ0v) is 22.5. The highest BCUT2D eigenvalue weighted by Gasteiger charge is 2.45. The second kappa shape index (κ2) is 10.7. The Morgan fingerprint density at radius 2 is 1.78 bits per heavy atom. The second-order valence-electron chi connectivity index (χ2n) is 12.2. The van der Waals surface area contributed by atoms with Crippen molar-refractivity contribution in [3.05, 3.63) is 59.9 Å². The van der Waals surface area contributed by atoms with E-state index in [9.17, 15) is 9.59 Å². The van der Waals surface area contributed by atoms with Crippen LogP contribution in [-0.2, 0) is 15.0 Å². The van der Waals surface area contributed by atoms with Gasteiger partial charge in [-0.3, -0.25) is 19.5 Å². The van der Waals surface area contributed by atoms with E-state index in [1.165, 1.54) is 12.0 Å². The van der Waals surface area contributed by atoms with Crippen LogP contribution in [0.3, 0.4) is 0 Å². The summed E-state index contributed by atoms with van der Waals surface area (Å²) in [5.74, 6) is -0.215. The molecule has 2 atom stereocenters. The standard InChI is InChI=1S/C30H42N4O2/c1-29(2,3)22-13-15-24(16-14-22)34(28(36)26-30(4,5)17-19-32-26)25(21-10-9-18-31-20-21)27(35)33-23-11-7-6-8-12-23/h9-10,13-16,18,20,23,25-26,32H,6-8,11-12,17,19H2,1-5H3,(H,33,35)/t25?,26-/m0/s1. The number of aromatic nitrogens is 1. The molecule has 6 nitrogen and oxygen atoms in total. The van der Waals surface area contributed by atoms with Crippen LogP contribution in [0.1, 0.15) is 90.3 Å². The third-order valence-corrected chi connectivity index (χ3v) is 7.85. The number of anilines is 1. The smallest absolute Gasteiger partial charge is 0.248 e. The van der Waals surface area contributed by atoms with Crippen LogP contribution in [0.15, 0.2) is 48.8 Å². The Morgan fingerprint density at radius 1 is 1.08 bits per heavy atom. The molecule has 1 saturated heterocycles. The van der Waals surface area contributed by atoms with E-state index in [4.69, 9.17) is 0 Å². The van der Waals surface area contributed by atoms with Crippen molar-refractivity contribution in [3.63, 3.8) is 0 Å². The molecular weight excluding hydrogens is 448 g/mol. The van der Waals surface area contributed by atoms with Gasteiger partial charge >= 0.3 is 0 Å². The molecule has 6 heteroatoms. The van der Waals surface area contributed by atoms with Crippen molar-refractivity contribution in [2.24, 2.45) is 5.41 Å². The quantitative estimate of drug-likeness (QED) is 0.577. The Labute approximate surface area is 216 Å². The number of amides is 2. The molecule has 2 heterocycles. The normalized spacial score (nSPS) is 21.1. The number of pyridine rings is 1. The van der Waals surface area contributed by atoms with Crippen LogP contribution in [0.25, 0.3) is 0 Å². The first-order valence-corrected chi connectivity index (χ1v) is 13.5. The van der Waals surface area contributed by atoms with E-state index < -0.39 is 6.04 Å². The van der Waals surface area contributed by atoms with Gasteiger partial charge in [-0.1, -0.05) is 72.1 Å². The van der Waals surface area contributed by atoms with Gasteiger partial charge in [-0.25, -0.2) is 0 Å². The topological polar surface area (TPSA) is 74.3 Å². The number of benzene rings is 1. The molecule has 2 N–H and O–H groups in total. The van der Waals surface area contributed by atoms with Crippen LogP contribution >= 0.6 is 0 Å². The van der Waals surface area contributed by atoms with Crippen LogP contribution in [0.2, 0.25) is 0 Å². The minimum atomic E-state index is -0.799. The SMILES string of the molecule is CC(C)(C)c1ccc(N(C(=O)[C@@H]2NCCC2(C)C)C(C(=O)NC2CCCCC2)c2cccnc2)cc1. The molecule has 1 aliphatic heterocycles. The van der Waals surface area contributed by atoms with Crippen molar-refractivity contribution >= 4 is 17.5 Å². The van der Waals surface area contributed by atoms with Crippen LogP contribution in [0.4, 0.5) is 5.69 Å². The number of carbonyl (C=O) groups excluding carboxylic acids is 2. The summed E-state index contributed by atoms with van der Waals surface area (Å²) in [6, 6.07) is 10.8. The third kappa shape index (κ3) is 5.80. The third-order valence-electron chi connectivity index (χ3n) is 7.85. The summed E-state index contributed by atoms with van der Waals surface area (Å²) in [6.07, 6.45) is 9.75. The molecule has 0 radical (unpaired) electrons. The Kier molecular flexibility index (Phi) is 7.84. The van der Waals surface area contributed by atoms with Crippen molar-refractivity contribution < 1.29 is 9.59 Å². The molecule has 2 aromatic rings. The lowest BCUT2D eigenvalue weighted by molar-refractivity contribution is -0.128. The highest BCUT2D eigenvalue weighted by Crippen LogP contribution is 2.36. The summed E-state index contributed by atoms with van der Waals surface area (Å²) in [5.41, 5.74) is 2.41. The highest BCUT2D eigenvalue weighted by molar-refractivity contribution is 6.04. The highest BCUT2D eigenvalue weighted by atomic mass is 16.2. The fourth-order valence-corrected chi connectivity index (χ4v) is 5.53. The van der Waals surface area contributed by atoms with Gasteiger partial charge < -0.3 is 10.6 Å². The van der Waals surface area contributed by atoms with Crippen molar-refractivity contribution in [1.82, 2.24) is 15.6 Å². The lowest BCUT2D eigenvalue weighted by Gasteiger charge is -2.37. The zero-order chi connectivity index (χ0) is 25.9. The molecule has 1 aliphatic carbocycles. The van der Waals surface area contributed by atoms with E-state index in [0.717, 1.165) is 49.9 Å². The molecule has 2 fully saturated rings. The number of hydrogen-bond acceptors (Lipinski definition) is 4. The van der Waals surface area contributed by atoms with Crippen LogP contribution in [-0.4, -0.2) is 35.4 Å². The Morgan fingerprint density at radius 3 is 2.33 bits per heavy atom. The maximum absolute atomic E-state index is 14.3. The second-order valence-corrected chi connectivity index (χ2v) is 12.2. The van der Waals surface area contributed by atoms with Gasteiger partial charge in [0.2, 0.25) is 11.8 Å². The first kappa shape index (κ1) is 26.3. The average Bonchev–Trinajstić information content (AvgIpc) is 3.21. The van der Waals surface area contributed by atoms with Crippen LogP contribution in [0.5, 0.6) is 0 Å². The molecule has 1 aromatic heterocycles. The molecule has 2 aliphatic rings. The summed E-state index contributed by atoms with van der Waals surface area (Å²) in [4.78, 5) is 34.3. The molecule has 36 heavy (non-hydrogen) atoms. The Bertz CT molecular complexity index is 1040. The van der Waals surface area contributed by atoms with E-state index in [2.05, 4.69) is 62.4 Å². The minimum Gasteiger partial charge on any atom is -0.351 e. The van der Waals surface area contributed by atoms with Gasteiger partial charge in [0.15, 0.2) is 0 Å². The number of nitrogens with one attached hydrogen (secondary N) is 2. The van der Waals surface area contributed by atoms with Crippen LogP contribution in [0, 0.1) is 5.41 Å². The van der Waals surface area contributed by atoms with Gasteiger partial charge in [0, 0.05) is 29.7 Å². The molecule has 0 spiro atoms. The zero-order valence-electron chi connectivity index (χ0n) is 22.5. The fourth-order valence-electron chi connectivity index (χ4n) is 5.53. The van der Waals surface area contributed by atoms with E-state index in [0.29, 0.717) is 0 Å². The molecule has 194 valence electrons. The Hall–Kier alpha value is -2.73. The van der Waals surface area contributed by atoms with E-state index in [-0.39, 0.29) is 34.7 Å². The number of carbonyl (C=O) groups is 2. The summed E-state index contributed by atoms with van der Waals surface area (Å²) in [6.45, 7) is 11.5. The van der Waals surface area contributed by atoms with Crippen molar-refractivity contribution in [2.45, 2.75) is 96.7 Å². The summed E-state index contributed by atoms with van der Waals surface area (Å²) in [5, 5.41) is 6.71. The maximum Gasteiger partial charge on any atom is 0.248 e. The monoisotopic (exact) mass is 490 g/mol. The number of rotatable bonds is 6. The van der Waals surface area contributed by atoms with E-state index in [1.54, 1.807) is 17.3 Å².